The SMILES string of the molecule is CCN(C(=O)CC(C)C(=O)O)c1nc2c(F)c(F)cc(F)c2s1. The maximum absolute atomic E-state index is 13.7. The van der Waals surface area contributed by atoms with Crippen LogP contribution in [0.4, 0.5) is 18.3 Å². The first kappa shape index (κ1) is 17.2. The molecule has 0 aliphatic rings. The Hall–Kier alpha value is -2.16. The summed E-state index contributed by atoms with van der Waals surface area (Å²) < 4.78 is 40.4. The lowest BCUT2D eigenvalue weighted by Gasteiger charge is -2.18. The Morgan fingerprint density at radius 2 is 2.00 bits per heavy atom. The third-order valence-electron chi connectivity index (χ3n) is 3.25. The number of hydrogen-bond acceptors (Lipinski definition) is 4. The molecular weight excluding hydrogens is 333 g/mol. The highest BCUT2D eigenvalue weighted by Crippen LogP contribution is 2.33. The highest BCUT2D eigenvalue weighted by atomic mass is 32.1. The molecule has 1 aromatic heterocycles. The number of thiazole rings is 1. The molecule has 0 saturated heterocycles. The van der Waals surface area contributed by atoms with E-state index in [2.05, 4.69) is 4.98 Å². The molecule has 0 radical (unpaired) electrons. The van der Waals surface area contributed by atoms with Gasteiger partial charge in [-0.15, -0.1) is 0 Å². The standard InChI is InChI=1S/C14H13F3N2O3S/c1-3-19(9(20)4-6(2)13(21)22)14-18-11-10(17)7(15)5-8(16)12(11)23-14/h5-6H,3-4H2,1-2H3,(H,21,22). The van der Waals surface area contributed by atoms with Crippen molar-refractivity contribution in [2.75, 3.05) is 11.4 Å². The maximum atomic E-state index is 13.7. The molecule has 9 heteroatoms. The number of nitrogens with zero attached hydrogens (tertiary/aromatic N) is 2. The molecule has 1 heterocycles. The highest BCUT2D eigenvalue weighted by molar-refractivity contribution is 7.22. The first-order chi connectivity index (χ1) is 10.8. The van der Waals surface area contributed by atoms with Crippen molar-refractivity contribution < 1.29 is 27.9 Å². The number of halogens is 3. The molecule has 5 nitrogen and oxygen atoms in total. The van der Waals surface area contributed by atoms with Gasteiger partial charge in [0, 0.05) is 19.0 Å². The molecule has 124 valence electrons. The fourth-order valence-corrected chi connectivity index (χ4v) is 3.01. The Morgan fingerprint density at radius 3 is 2.57 bits per heavy atom. The lowest BCUT2D eigenvalue weighted by molar-refractivity contribution is -0.143. The summed E-state index contributed by atoms with van der Waals surface area (Å²) in [6.45, 7) is 3.13. The minimum atomic E-state index is -1.36. The summed E-state index contributed by atoms with van der Waals surface area (Å²) >= 11 is 0.708. The smallest absolute Gasteiger partial charge is 0.306 e. The molecular formula is C14H13F3N2O3S. The number of carbonyl (C=O) groups is 2. The summed E-state index contributed by atoms with van der Waals surface area (Å²) in [5, 5.41) is 8.84. The molecule has 0 fully saturated rings. The van der Waals surface area contributed by atoms with Crippen LogP contribution in [0.1, 0.15) is 20.3 Å². The Labute approximate surface area is 133 Å². The third-order valence-corrected chi connectivity index (χ3v) is 4.34. The van der Waals surface area contributed by atoms with Gasteiger partial charge in [-0.05, 0) is 6.92 Å². The van der Waals surface area contributed by atoms with Gasteiger partial charge < -0.3 is 5.11 Å². The summed E-state index contributed by atoms with van der Waals surface area (Å²) in [5.41, 5.74) is -0.486. The molecule has 1 N–H and O–H groups in total. The van der Waals surface area contributed by atoms with Crippen LogP contribution in [0, 0.1) is 23.4 Å². The zero-order valence-corrected chi connectivity index (χ0v) is 13.1. The molecule has 0 aliphatic heterocycles. The van der Waals surface area contributed by atoms with Crippen molar-refractivity contribution in [3.05, 3.63) is 23.5 Å². The zero-order valence-electron chi connectivity index (χ0n) is 12.3. The van der Waals surface area contributed by atoms with Crippen LogP contribution >= 0.6 is 11.3 Å². The van der Waals surface area contributed by atoms with Gasteiger partial charge in [-0.1, -0.05) is 18.3 Å². The molecule has 0 bridgehead atoms. The van der Waals surface area contributed by atoms with E-state index in [1.165, 1.54) is 6.92 Å². The van der Waals surface area contributed by atoms with Crippen LogP contribution in [0.3, 0.4) is 0 Å². The molecule has 0 spiro atoms. The number of fused-ring (bicyclic) bond motifs is 1. The van der Waals surface area contributed by atoms with E-state index in [1.54, 1.807) is 6.92 Å². The lowest BCUT2D eigenvalue weighted by atomic mass is 10.1. The first-order valence-corrected chi connectivity index (χ1v) is 7.55. The molecule has 0 aliphatic carbocycles. The van der Waals surface area contributed by atoms with E-state index in [-0.39, 0.29) is 22.8 Å². The van der Waals surface area contributed by atoms with Gasteiger partial charge in [0.2, 0.25) is 5.91 Å². The summed E-state index contributed by atoms with van der Waals surface area (Å²) in [4.78, 5) is 27.9. The molecule has 23 heavy (non-hydrogen) atoms. The number of rotatable bonds is 5. The van der Waals surface area contributed by atoms with Crippen LogP contribution in [0.25, 0.3) is 10.2 Å². The van der Waals surface area contributed by atoms with E-state index >= 15 is 0 Å². The number of aliphatic carboxylic acids is 1. The van der Waals surface area contributed by atoms with E-state index in [0.29, 0.717) is 17.4 Å². The van der Waals surface area contributed by atoms with Crippen LogP contribution in [0.5, 0.6) is 0 Å². The summed E-state index contributed by atoms with van der Waals surface area (Å²) in [5.74, 6) is -6.19. The van der Waals surface area contributed by atoms with E-state index in [9.17, 15) is 22.8 Å². The van der Waals surface area contributed by atoms with Crippen molar-refractivity contribution >= 4 is 38.6 Å². The maximum Gasteiger partial charge on any atom is 0.306 e. The molecule has 2 aromatic rings. The topological polar surface area (TPSA) is 70.5 Å². The average molecular weight is 346 g/mol. The highest BCUT2D eigenvalue weighted by Gasteiger charge is 2.25. The van der Waals surface area contributed by atoms with Crippen molar-refractivity contribution in [1.82, 2.24) is 4.98 Å². The van der Waals surface area contributed by atoms with Crippen molar-refractivity contribution in [1.29, 1.82) is 0 Å². The number of carboxylic acid groups (broad SMARTS) is 1. The van der Waals surface area contributed by atoms with Crippen LogP contribution in [-0.4, -0.2) is 28.5 Å². The van der Waals surface area contributed by atoms with Crippen LogP contribution < -0.4 is 4.90 Å². The van der Waals surface area contributed by atoms with Gasteiger partial charge in [-0.3, -0.25) is 14.5 Å². The summed E-state index contributed by atoms with van der Waals surface area (Å²) in [6, 6.07) is 0.421. The van der Waals surface area contributed by atoms with Crippen LogP contribution in [0.15, 0.2) is 6.07 Å². The van der Waals surface area contributed by atoms with Gasteiger partial charge in [0.05, 0.1) is 10.6 Å². The lowest BCUT2D eigenvalue weighted by Crippen LogP contribution is -2.32. The summed E-state index contributed by atoms with van der Waals surface area (Å²) in [6.07, 6.45) is -0.279. The molecule has 1 amide bonds. The van der Waals surface area contributed by atoms with Gasteiger partial charge in [0.1, 0.15) is 11.3 Å². The Kier molecular flexibility index (Phi) is 4.88. The van der Waals surface area contributed by atoms with Gasteiger partial charge in [-0.25, -0.2) is 18.2 Å². The van der Waals surface area contributed by atoms with Crippen molar-refractivity contribution in [2.45, 2.75) is 20.3 Å². The van der Waals surface area contributed by atoms with Gasteiger partial charge in [0.15, 0.2) is 16.8 Å². The summed E-state index contributed by atoms with van der Waals surface area (Å²) in [7, 11) is 0. The molecule has 2 rings (SSSR count). The second-order valence-corrected chi connectivity index (χ2v) is 5.89. The van der Waals surface area contributed by atoms with Gasteiger partial charge >= 0.3 is 5.97 Å². The number of hydrogen-bond donors (Lipinski definition) is 1. The number of aromatic nitrogens is 1. The van der Waals surface area contributed by atoms with Crippen LogP contribution in [0.2, 0.25) is 0 Å². The van der Waals surface area contributed by atoms with Gasteiger partial charge in [-0.2, -0.15) is 0 Å². The predicted octanol–water partition coefficient (Wildman–Crippen LogP) is 3.18. The number of benzene rings is 1. The van der Waals surface area contributed by atoms with Gasteiger partial charge in [0.25, 0.3) is 0 Å². The quantitative estimate of drug-likeness (QED) is 0.844. The Morgan fingerprint density at radius 1 is 1.35 bits per heavy atom. The number of carbonyl (C=O) groups excluding carboxylic acids is 1. The Balaban J connectivity index is 2.41. The number of amides is 1. The number of carboxylic acids is 1. The minimum Gasteiger partial charge on any atom is -0.481 e. The van der Waals surface area contributed by atoms with E-state index < -0.39 is 40.8 Å². The fourth-order valence-electron chi connectivity index (χ4n) is 1.97. The second kappa shape index (κ2) is 6.53. The minimum absolute atomic E-state index is 0.00603. The van der Waals surface area contributed by atoms with E-state index in [0.717, 1.165) is 4.90 Å². The van der Waals surface area contributed by atoms with Crippen molar-refractivity contribution in [3.63, 3.8) is 0 Å². The van der Waals surface area contributed by atoms with Crippen LogP contribution in [-0.2, 0) is 9.59 Å². The third kappa shape index (κ3) is 3.29. The molecule has 0 saturated carbocycles. The monoisotopic (exact) mass is 346 g/mol. The molecule has 1 atom stereocenters. The molecule has 1 unspecified atom stereocenters. The van der Waals surface area contributed by atoms with Crippen molar-refractivity contribution in [3.8, 4) is 0 Å². The second-order valence-electron chi connectivity index (χ2n) is 4.91. The first-order valence-electron chi connectivity index (χ1n) is 6.73. The van der Waals surface area contributed by atoms with E-state index in [4.69, 9.17) is 5.11 Å². The molecule has 1 aromatic carbocycles. The normalized spacial score (nSPS) is 12.4. The number of anilines is 1. The average Bonchev–Trinajstić information content (AvgIpc) is 2.91. The van der Waals surface area contributed by atoms with Crippen molar-refractivity contribution in [2.24, 2.45) is 5.92 Å². The fraction of sp³-hybridized carbons (Fsp3) is 0.357. The Bertz CT molecular complexity index is 778. The predicted molar refractivity (Wildman–Crippen MR) is 78.9 cm³/mol. The van der Waals surface area contributed by atoms with E-state index in [1.807, 2.05) is 0 Å². The zero-order chi connectivity index (χ0) is 17.3. The largest absolute Gasteiger partial charge is 0.481 e.